The van der Waals surface area contributed by atoms with Gasteiger partial charge in [0, 0.05) is 13.1 Å². The van der Waals surface area contributed by atoms with Crippen molar-refractivity contribution in [3.63, 3.8) is 0 Å². The van der Waals surface area contributed by atoms with Crippen molar-refractivity contribution in [2.24, 2.45) is 0 Å². The number of benzene rings is 1. The molecule has 0 aromatic heterocycles. The molecule has 0 atom stereocenters. The summed E-state index contributed by atoms with van der Waals surface area (Å²) in [6.07, 6.45) is 1.49. The topological polar surface area (TPSA) is 63.7 Å². The Bertz CT molecular complexity index is 563. The number of ether oxygens (including phenoxy) is 1. The predicted octanol–water partition coefficient (Wildman–Crippen LogP) is 2.67. The lowest BCUT2D eigenvalue weighted by atomic mass is 10.2. The van der Waals surface area contributed by atoms with Crippen molar-refractivity contribution in [2.75, 3.05) is 19.7 Å². The third-order valence-electron chi connectivity index (χ3n) is 2.93. The molecule has 5 nitrogen and oxygen atoms in total. The fourth-order valence-corrected chi connectivity index (χ4v) is 3.67. The van der Waals surface area contributed by atoms with Crippen molar-refractivity contribution in [1.29, 1.82) is 0 Å². The molecule has 0 aliphatic rings. The largest absolute Gasteiger partial charge is 0.462 e. The number of carbonyl (C=O) groups excluding carboxylic acids is 1. The zero-order valence-electron chi connectivity index (χ0n) is 12.8. The highest BCUT2D eigenvalue weighted by Gasteiger charge is 2.24. The molecule has 1 rings (SSSR count). The van der Waals surface area contributed by atoms with Gasteiger partial charge in [-0.2, -0.15) is 4.31 Å². The second-order valence-corrected chi connectivity index (χ2v) is 6.59. The van der Waals surface area contributed by atoms with E-state index in [0.29, 0.717) is 13.1 Å². The molecule has 0 heterocycles. The van der Waals surface area contributed by atoms with E-state index in [9.17, 15) is 13.2 Å². The molecule has 21 heavy (non-hydrogen) atoms. The van der Waals surface area contributed by atoms with E-state index in [2.05, 4.69) is 0 Å². The molecule has 0 radical (unpaired) electrons. The van der Waals surface area contributed by atoms with Crippen molar-refractivity contribution in [1.82, 2.24) is 4.31 Å². The second kappa shape index (κ2) is 8.14. The van der Waals surface area contributed by atoms with Gasteiger partial charge in [0.1, 0.15) is 0 Å². The predicted molar refractivity (Wildman–Crippen MR) is 81.7 cm³/mol. The average molecular weight is 313 g/mol. The van der Waals surface area contributed by atoms with Gasteiger partial charge in [-0.15, -0.1) is 0 Å². The first kappa shape index (κ1) is 17.7. The Labute approximate surface area is 127 Å². The first-order valence-corrected chi connectivity index (χ1v) is 8.68. The van der Waals surface area contributed by atoms with E-state index in [-0.39, 0.29) is 17.1 Å². The molecule has 0 aliphatic carbocycles. The summed E-state index contributed by atoms with van der Waals surface area (Å²) in [7, 11) is -3.57. The molecule has 0 saturated heterocycles. The summed E-state index contributed by atoms with van der Waals surface area (Å²) in [5, 5.41) is 0. The van der Waals surface area contributed by atoms with Crippen molar-refractivity contribution in [3.05, 3.63) is 29.8 Å². The molecular weight excluding hydrogens is 290 g/mol. The van der Waals surface area contributed by atoms with E-state index >= 15 is 0 Å². The van der Waals surface area contributed by atoms with Crippen LogP contribution in [0.5, 0.6) is 0 Å². The van der Waals surface area contributed by atoms with Gasteiger partial charge in [-0.1, -0.05) is 19.9 Å². The third kappa shape index (κ3) is 4.54. The summed E-state index contributed by atoms with van der Waals surface area (Å²) in [4.78, 5) is 11.8. The minimum Gasteiger partial charge on any atom is -0.462 e. The van der Waals surface area contributed by atoms with Gasteiger partial charge < -0.3 is 4.74 Å². The van der Waals surface area contributed by atoms with Gasteiger partial charge >= 0.3 is 5.97 Å². The van der Waals surface area contributed by atoms with Crippen LogP contribution >= 0.6 is 0 Å². The van der Waals surface area contributed by atoms with Crippen LogP contribution in [0, 0.1) is 0 Å². The second-order valence-electron chi connectivity index (χ2n) is 4.65. The van der Waals surface area contributed by atoms with E-state index in [0.717, 1.165) is 12.8 Å². The highest BCUT2D eigenvalue weighted by atomic mass is 32.2. The molecule has 0 bridgehead atoms. The van der Waals surface area contributed by atoms with E-state index in [1.54, 1.807) is 19.1 Å². The number of esters is 1. The van der Waals surface area contributed by atoms with Crippen LogP contribution in [0.3, 0.4) is 0 Å². The van der Waals surface area contributed by atoms with Crippen LogP contribution in [0.15, 0.2) is 29.2 Å². The molecule has 118 valence electrons. The van der Waals surface area contributed by atoms with Crippen molar-refractivity contribution >= 4 is 16.0 Å². The summed E-state index contributed by atoms with van der Waals surface area (Å²) in [6, 6.07) is 6.01. The minimum absolute atomic E-state index is 0.134. The van der Waals surface area contributed by atoms with Gasteiger partial charge in [0.05, 0.1) is 17.1 Å². The number of nitrogens with zero attached hydrogens (tertiary/aromatic N) is 1. The number of rotatable bonds is 8. The molecule has 0 fully saturated rings. The molecule has 0 saturated carbocycles. The summed E-state index contributed by atoms with van der Waals surface area (Å²) in [5.41, 5.74) is 0.255. The van der Waals surface area contributed by atoms with Crippen molar-refractivity contribution in [2.45, 2.75) is 38.5 Å². The number of hydrogen-bond acceptors (Lipinski definition) is 4. The van der Waals surface area contributed by atoms with E-state index in [4.69, 9.17) is 4.74 Å². The van der Waals surface area contributed by atoms with Crippen LogP contribution in [0.2, 0.25) is 0 Å². The standard InChI is InChI=1S/C15H23NO4S/c1-4-10-16(11-5-2)21(18,19)14-9-7-8-13(12-14)15(17)20-6-3/h7-9,12H,4-6,10-11H2,1-3H3. The quantitative estimate of drug-likeness (QED) is 0.692. The Kier molecular flexibility index (Phi) is 6.84. The Morgan fingerprint density at radius 3 is 2.29 bits per heavy atom. The SMILES string of the molecule is CCCN(CCC)S(=O)(=O)c1cccc(C(=O)OCC)c1. The van der Waals surface area contributed by atoms with E-state index < -0.39 is 16.0 Å². The zero-order chi connectivity index (χ0) is 15.9. The zero-order valence-corrected chi connectivity index (χ0v) is 13.6. The van der Waals surface area contributed by atoms with Crippen LogP contribution < -0.4 is 0 Å². The minimum atomic E-state index is -3.57. The molecular formula is C15H23NO4S. The lowest BCUT2D eigenvalue weighted by Gasteiger charge is -2.21. The lowest BCUT2D eigenvalue weighted by molar-refractivity contribution is 0.0526. The maximum Gasteiger partial charge on any atom is 0.338 e. The Hall–Kier alpha value is -1.40. The normalized spacial score (nSPS) is 11.6. The molecule has 0 amide bonds. The maximum atomic E-state index is 12.6. The summed E-state index contributed by atoms with van der Waals surface area (Å²) < 4.78 is 31.6. The van der Waals surface area contributed by atoms with Gasteiger partial charge in [0.25, 0.3) is 0 Å². The summed E-state index contributed by atoms with van der Waals surface area (Å²) in [5.74, 6) is -0.507. The highest BCUT2D eigenvalue weighted by Crippen LogP contribution is 2.18. The lowest BCUT2D eigenvalue weighted by Crippen LogP contribution is -2.32. The van der Waals surface area contributed by atoms with Crippen LogP contribution in [-0.4, -0.2) is 38.4 Å². The van der Waals surface area contributed by atoms with E-state index in [1.165, 1.54) is 16.4 Å². The molecule has 0 N–H and O–H groups in total. The molecule has 0 spiro atoms. The van der Waals surface area contributed by atoms with E-state index in [1.807, 2.05) is 13.8 Å². The maximum absolute atomic E-state index is 12.6. The molecule has 1 aromatic carbocycles. The third-order valence-corrected chi connectivity index (χ3v) is 4.82. The smallest absolute Gasteiger partial charge is 0.338 e. The van der Waals surface area contributed by atoms with Crippen LogP contribution in [0.25, 0.3) is 0 Å². The van der Waals surface area contributed by atoms with Crippen LogP contribution in [-0.2, 0) is 14.8 Å². The molecule has 0 unspecified atom stereocenters. The van der Waals surface area contributed by atoms with Gasteiger partial charge in [0.15, 0.2) is 0 Å². The number of carbonyl (C=O) groups is 1. The van der Waals surface area contributed by atoms with Gasteiger partial charge in [-0.05, 0) is 38.0 Å². The van der Waals surface area contributed by atoms with Crippen LogP contribution in [0.4, 0.5) is 0 Å². The van der Waals surface area contributed by atoms with Gasteiger partial charge in [0.2, 0.25) is 10.0 Å². The number of hydrogen-bond donors (Lipinski definition) is 0. The highest BCUT2D eigenvalue weighted by molar-refractivity contribution is 7.89. The van der Waals surface area contributed by atoms with Crippen molar-refractivity contribution in [3.8, 4) is 0 Å². The first-order chi connectivity index (χ1) is 9.97. The van der Waals surface area contributed by atoms with Gasteiger partial charge in [-0.25, -0.2) is 13.2 Å². The van der Waals surface area contributed by atoms with Crippen molar-refractivity contribution < 1.29 is 17.9 Å². The van der Waals surface area contributed by atoms with Crippen LogP contribution in [0.1, 0.15) is 44.0 Å². The Morgan fingerprint density at radius 2 is 1.76 bits per heavy atom. The summed E-state index contributed by atoms with van der Waals surface area (Å²) in [6.45, 7) is 6.79. The fraction of sp³-hybridized carbons (Fsp3) is 0.533. The number of sulfonamides is 1. The Balaban J connectivity index is 3.12. The average Bonchev–Trinajstić information content (AvgIpc) is 2.47. The monoisotopic (exact) mass is 313 g/mol. The molecule has 6 heteroatoms. The molecule has 1 aromatic rings. The van der Waals surface area contributed by atoms with Gasteiger partial charge in [-0.3, -0.25) is 0 Å². The first-order valence-electron chi connectivity index (χ1n) is 7.24. The Morgan fingerprint density at radius 1 is 1.14 bits per heavy atom. The summed E-state index contributed by atoms with van der Waals surface area (Å²) >= 11 is 0. The molecule has 0 aliphatic heterocycles. The fourth-order valence-electron chi connectivity index (χ4n) is 2.00.